The Morgan fingerprint density at radius 3 is 2.57 bits per heavy atom. The number of rotatable bonds is 8. The van der Waals surface area contributed by atoms with Crippen LogP contribution < -0.4 is 9.47 Å². The van der Waals surface area contributed by atoms with Crippen LogP contribution in [-0.4, -0.2) is 36.8 Å². The SMILES string of the molecule is CC=C(Oc1ccccc1)N1CCc2c([nH]c3ccc(Cl)cc23)C1c1ccc(OCCOC)cc1. The van der Waals surface area contributed by atoms with E-state index in [1.807, 2.05) is 61.5 Å². The van der Waals surface area contributed by atoms with Gasteiger partial charge >= 0.3 is 0 Å². The molecule has 0 fully saturated rings. The van der Waals surface area contributed by atoms with Gasteiger partial charge in [0.25, 0.3) is 0 Å². The lowest BCUT2D eigenvalue weighted by Gasteiger charge is -2.38. The molecule has 180 valence electrons. The zero-order chi connectivity index (χ0) is 24.2. The maximum Gasteiger partial charge on any atom is 0.192 e. The number of ether oxygens (including phenoxy) is 3. The molecule has 0 saturated carbocycles. The number of hydrogen-bond acceptors (Lipinski definition) is 4. The Balaban J connectivity index is 1.55. The molecule has 0 amide bonds. The van der Waals surface area contributed by atoms with Crippen LogP contribution in [0.3, 0.4) is 0 Å². The predicted octanol–water partition coefficient (Wildman–Crippen LogP) is 6.73. The molecule has 35 heavy (non-hydrogen) atoms. The minimum absolute atomic E-state index is 0.0483. The maximum atomic E-state index is 6.37. The number of allylic oxidation sites excluding steroid dienone is 1. The highest BCUT2D eigenvalue weighted by molar-refractivity contribution is 6.31. The summed E-state index contributed by atoms with van der Waals surface area (Å²) in [6.07, 6.45) is 2.92. The summed E-state index contributed by atoms with van der Waals surface area (Å²) in [4.78, 5) is 6.02. The first-order valence-corrected chi connectivity index (χ1v) is 12.2. The Bertz CT molecular complexity index is 1320. The normalized spacial score (nSPS) is 15.8. The monoisotopic (exact) mass is 488 g/mol. The van der Waals surface area contributed by atoms with Gasteiger partial charge in [-0.05, 0) is 73.0 Å². The van der Waals surface area contributed by atoms with E-state index in [1.54, 1.807) is 7.11 Å². The van der Waals surface area contributed by atoms with E-state index >= 15 is 0 Å². The summed E-state index contributed by atoms with van der Waals surface area (Å²) in [6.45, 7) is 3.91. The molecular weight excluding hydrogens is 460 g/mol. The standard InChI is InChI=1S/C29H29ClN2O3/c1-3-27(35-23-7-5-4-6-8-23)32-16-15-24-25-19-21(30)11-14-26(25)31-28(24)29(32)20-9-12-22(13-10-20)34-18-17-33-2/h3-14,19,29,31H,15-18H2,1-2H3. The molecule has 0 aliphatic carbocycles. The summed E-state index contributed by atoms with van der Waals surface area (Å²) in [5.74, 6) is 2.46. The van der Waals surface area contributed by atoms with Crippen LogP contribution in [-0.2, 0) is 11.2 Å². The number of nitrogens with one attached hydrogen (secondary N) is 1. The van der Waals surface area contributed by atoms with Crippen LogP contribution in [0.15, 0.2) is 84.8 Å². The zero-order valence-electron chi connectivity index (χ0n) is 20.0. The Labute approximate surface area is 210 Å². The third kappa shape index (κ3) is 4.88. The van der Waals surface area contributed by atoms with Crippen LogP contribution in [0.4, 0.5) is 0 Å². The van der Waals surface area contributed by atoms with Crippen LogP contribution in [0.5, 0.6) is 11.5 Å². The van der Waals surface area contributed by atoms with Crippen molar-refractivity contribution in [1.29, 1.82) is 0 Å². The number of aromatic nitrogens is 1. The van der Waals surface area contributed by atoms with Gasteiger partial charge in [-0.3, -0.25) is 0 Å². The number of fused-ring (bicyclic) bond motifs is 3. The van der Waals surface area contributed by atoms with Crippen molar-refractivity contribution in [2.45, 2.75) is 19.4 Å². The number of hydrogen-bond donors (Lipinski definition) is 1. The Hall–Kier alpha value is -3.41. The van der Waals surface area contributed by atoms with Crippen molar-refractivity contribution in [2.75, 3.05) is 26.9 Å². The van der Waals surface area contributed by atoms with Gasteiger partial charge in [0.1, 0.15) is 18.1 Å². The number of benzene rings is 3. The topological polar surface area (TPSA) is 46.7 Å². The Morgan fingerprint density at radius 2 is 1.83 bits per heavy atom. The third-order valence-corrected chi connectivity index (χ3v) is 6.57. The largest absolute Gasteiger partial charge is 0.491 e. The van der Waals surface area contributed by atoms with Gasteiger partial charge in [0.2, 0.25) is 0 Å². The van der Waals surface area contributed by atoms with E-state index in [0.29, 0.717) is 13.2 Å². The first-order chi connectivity index (χ1) is 17.2. The van der Waals surface area contributed by atoms with Gasteiger partial charge < -0.3 is 24.1 Å². The lowest BCUT2D eigenvalue weighted by molar-refractivity contribution is 0.146. The van der Waals surface area contributed by atoms with Gasteiger partial charge in [-0.25, -0.2) is 0 Å². The molecule has 0 spiro atoms. The summed E-state index contributed by atoms with van der Waals surface area (Å²) in [5.41, 5.74) is 4.72. The lowest BCUT2D eigenvalue weighted by atomic mass is 9.92. The first-order valence-electron chi connectivity index (χ1n) is 11.9. The molecule has 3 aromatic carbocycles. The van der Waals surface area contributed by atoms with Gasteiger partial charge in [-0.1, -0.05) is 41.9 Å². The van der Waals surface area contributed by atoms with Crippen molar-refractivity contribution in [3.8, 4) is 11.5 Å². The predicted molar refractivity (Wildman–Crippen MR) is 140 cm³/mol. The van der Waals surface area contributed by atoms with E-state index in [-0.39, 0.29) is 6.04 Å². The molecule has 6 heteroatoms. The van der Waals surface area contributed by atoms with E-state index in [2.05, 4.69) is 34.1 Å². The smallest absolute Gasteiger partial charge is 0.192 e. The molecule has 1 aliphatic heterocycles. The molecule has 1 aliphatic rings. The summed E-state index contributed by atoms with van der Waals surface area (Å²) >= 11 is 6.36. The summed E-state index contributed by atoms with van der Waals surface area (Å²) < 4.78 is 17.3. The number of para-hydroxylation sites is 1. The van der Waals surface area contributed by atoms with E-state index in [4.69, 9.17) is 25.8 Å². The second-order valence-corrected chi connectivity index (χ2v) is 8.94. The van der Waals surface area contributed by atoms with Gasteiger partial charge in [0.15, 0.2) is 5.88 Å². The number of methoxy groups -OCH3 is 1. The first kappa shape index (κ1) is 23.3. The minimum Gasteiger partial charge on any atom is -0.491 e. The van der Waals surface area contributed by atoms with E-state index in [9.17, 15) is 0 Å². The molecule has 4 aromatic rings. The van der Waals surface area contributed by atoms with Crippen LogP contribution in [0.25, 0.3) is 10.9 Å². The third-order valence-electron chi connectivity index (χ3n) is 6.34. The number of aromatic amines is 1. The average Bonchev–Trinajstić information content (AvgIpc) is 3.26. The van der Waals surface area contributed by atoms with Gasteiger partial charge in [-0.2, -0.15) is 0 Å². The quantitative estimate of drug-likeness (QED) is 0.220. The van der Waals surface area contributed by atoms with Crippen LogP contribution >= 0.6 is 11.6 Å². The molecule has 5 rings (SSSR count). The number of halogens is 1. The van der Waals surface area contributed by atoms with Crippen LogP contribution in [0, 0.1) is 0 Å². The van der Waals surface area contributed by atoms with E-state index in [0.717, 1.165) is 52.1 Å². The second-order valence-electron chi connectivity index (χ2n) is 8.51. The molecule has 0 bridgehead atoms. The van der Waals surface area contributed by atoms with Gasteiger partial charge in [-0.15, -0.1) is 0 Å². The van der Waals surface area contributed by atoms with Crippen molar-refractivity contribution in [3.63, 3.8) is 0 Å². The fourth-order valence-corrected chi connectivity index (χ4v) is 4.90. The molecule has 0 radical (unpaired) electrons. The highest BCUT2D eigenvalue weighted by Gasteiger charge is 2.33. The van der Waals surface area contributed by atoms with Gasteiger partial charge in [0.05, 0.1) is 12.6 Å². The Kier molecular flexibility index (Phi) is 6.98. The molecule has 5 nitrogen and oxygen atoms in total. The fraction of sp³-hybridized carbons (Fsp3) is 0.241. The van der Waals surface area contributed by atoms with Crippen LogP contribution in [0.1, 0.15) is 29.8 Å². The summed E-state index contributed by atoms with van der Waals surface area (Å²) in [7, 11) is 1.67. The highest BCUT2D eigenvalue weighted by Crippen LogP contribution is 2.41. The average molecular weight is 489 g/mol. The van der Waals surface area contributed by atoms with E-state index < -0.39 is 0 Å². The van der Waals surface area contributed by atoms with E-state index in [1.165, 1.54) is 10.9 Å². The fourth-order valence-electron chi connectivity index (χ4n) is 4.73. The van der Waals surface area contributed by atoms with Crippen LogP contribution in [0.2, 0.25) is 5.02 Å². The highest BCUT2D eigenvalue weighted by atomic mass is 35.5. The van der Waals surface area contributed by atoms with Crippen molar-refractivity contribution < 1.29 is 14.2 Å². The second kappa shape index (κ2) is 10.5. The molecular formula is C29H29ClN2O3. The molecule has 1 atom stereocenters. The molecule has 1 aromatic heterocycles. The Morgan fingerprint density at radius 1 is 1.03 bits per heavy atom. The summed E-state index contributed by atoms with van der Waals surface area (Å²) in [5, 5.41) is 1.93. The number of H-pyrrole nitrogens is 1. The molecule has 1 unspecified atom stereocenters. The van der Waals surface area contributed by atoms with Crippen molar-refractivity contribution in [2.24, 2.45) is 0 Å². The van der Waals surface area contributed by atoms with Crippen molar-refractivity contribution in [1.82, 2.24) is 9.88 Å². The molecule has 2 heterocycles. The minimum atomic E-state index is -0.0483. The zero-order valence-corrected chi connectivity index (χ0v) is 20.7. The maximum absolute atomic E-state index is 6.37. The summed E-state index contributed by atoms with van der Waals surface area (Å²) in [6, 6.07) is 24.2. The number of nitrogens with zero attached hydrogens (tertiary/aromatic N) is 1. The molecule has 1 N–H and O–H groups in total. The van der Waals surface area contributed by atoms with Gasteiger partial charge in [0, 0.05) is 35.3 Å². The van der Waals surface area contributed by atoms with Crippen molar-refractivity contribution >= 4 is 22.5 Å². The molecule has 0 saturated heterocycles. The lowest BCUT2D eigenvalue weighted by Crippen LogP contribution is -2.37. The van der Waals surface area contributed by atoms with Crippen molar-refractivity contribution in [3.05, 3.63) is 107 Å².